The van der Waals surface area contributed by atoms with E-state index in [-0.39, 0.29) is 6.04 Å². The first-order valence-corrected chi connectivity index (χ1v) is 14.7. The lowest BCUT2D eigenvalue weighted by Gasteiger charge is -2.38. The molecule has 2 atom stereocenters. The molecule has 4 aromatic carbocycles. The van der Waals surface area contributed by atoms with E-state index < -0.39 is 7.25 Å². The van der Waals surface area contributed by atoms with Crippen molar-refractivity contribution < 1.29 is 17.3 Å². The molecule has 0 spiro atoms. The molecule has 1 aliphatic rings. The Morgan fingerprint density at radius 2 is 1.21 bits per heavy atom. The van der Waals surface area contributed by atoms with E-state index in [0.717, 1.165) is 13.0 Å². The van der Waals surface area contributed by atoms with Crippen LogP contribution in [0.5, 0.6) is 0 Å². The maximum atomic E-state index is 9.75. The molecule has 43 heavy (non-hydrogen) atoms. The van der Waals surface area contributed by atoms with E-state index in [1.54, 1.807) is 0 Å². The molecule has 5 rings (SSSR count). The summed E-state index contributed by atoms with van der Waals surface area (Å²) < 4.78 is 39.0. The van der Waals surface area contributed by atoms with Crippen molar-refractivity contribution in [3.8, 4) is 0 Å². The monoisotopic (exact) mass is 585 g/mol. The van der Waals surface area contributed by atoms with Gasteiger partial charge in [-0.1, -0.05) is 136 Å². The van der Waals surface area contributed by atoms with E-state index in [1.165, 1.54) is 39.1 Å². The number of nitrogens with zero attached hydrogens (tertiary/aromatic N) is 1. The van der Waals surface area contributed by atoms with E-state index in [2.05, 4.69) is 159 Å². The third-order valence-corrected chi connectivity index (χ3v) is 7.25. The zero-order chi connectivity index (χ0) is 30.8. The first-order chi connectivity index (χ1) is 20.6. The minimum absolute atomic E-state index is 0.0623. The Kier molecular flexibility index (Phi) is 11.0. The Hall–Kier alpha value is -4.10. The van der Waals surface area contributed by atoms with E-state index in [9.17, 15) is 17.3 Å². The van der Waals surface area contributed by atoms with Gasteiger partial charge in [-0.2, -0.15) is 0 Å². The molecule has 1 aliphatic heterocycles. The normalized spacial score (nSPS) is 15.7. The maximum Gasteiger partial charge on any atom is 0.673 e. The summed E-state index contributed by atoms with van der Waals surface area (Å²) >= 11 is 0. The minimum atomic E-state index is -6.00. The molecule has 0 saturated carbocycles. The second-order valence-electron chi connectivity index (χ2n) is 11.2. The second kappa shape index (κ2) is 14.9. The lowest BCUT2D eigenvalue weighted by molar-refractivity contribution is 0.239. The average Bonchev–Trinajstić information content (AvgIpc) is 3.00. The van der Waals surface area contributed by atoms with Gasteiger partial charge in [-0.3, -0.25) is 5.01 Å². The summed E-state index contributed by atoms with van der Waals surface area (Å²) in [6.45, 7) is 7.70. The van der Waals surface area contributed by atoms with Gasteiger partial charge >= 0.3 is 7.25 Å². The topological polar surface area (TPSA) is 15.3 Å². The van der Waals surface area contributed by atoms with Crippen molar-refractivity contribution in [2.45, 2.75) is 39.2 Å². The van der Waals surface area contributed by atoms with Crippen LogP contribution in [-0.4, -0.2) is 18.8 Å². The van der Waals surface area contributed by atoms with Crippen LogP contribution in [0.1, 0.15) is 60.5 Å². The standard InChI is InChI=1S/C36H38N2.BF4/c1-27(2)23-29-19-21-30(22-20-29)28(3)26-37-38-35(32-15-9-5-10-16-32)24-34(31-13-7-4-8-14-31)25-36(38)33-17-11-6-12-18-33;2-1(3,4)5/h4-22,24-25,27-28,35,37H,23,26H2,1-3H3;/q;-1. The van der Waals surface area contributed by atoms with E-state index in [0.29, 0.717) is 11.8 Å². The number of allylic oxidation sites excluding steroid dienone is 2. The fourth-order valence-electron chi connectivity index (χ4n) is 5.19. The van der Waals surface area contributed by atoms with Crippen molar-refractivity contribution in [1.82, 2.24) is 10.4 Å². The van der Waals surface area contributed by atoms with Crippen LogP contribution < -0.4 is 5.43 Å². The Morgan fingerprint density at radius 3 is 1.74 bits per heavy atom. The Bertz CT molecular complexity index is 1460. The van der Waals surface area contributed by atoms with Crippen LogP contribution in [0.4, 0.5) is 17.3 Å². The van der Waals surface area contributed by atoms with Crippen LogP contribution >= 0.6 is 0 Å². The molecular formula is C36H38BF4N2-. The second-order valence-corrected chi connectivity index (χ2v) is 11.2. The minimum Gasteiger partial charge on any atom is -0.418 e. The van der Waals surface area contributed by atoms with Crippen molar-refractivity contribution in [1.29, 1.82) is 0 Å². The molecule has 224 valence electrons. The quantitative estimate of drug-likeness (QED) is 0.155. The molecule has 0 bridgehead atoms. The van der Waals surface area contributed by atoms with Gasteiger partial charge in [0.25, 0.3) is 0 Å². The van der Waals surface area contributed by atoms with Crippen molar-refractivity contribution in [2.75, 3.05) is 6.54 Å². The zero-order valence-corrected chi connectivity index (χ0v) is 24.8. The zero-order valence-electron chi connectivity index (χ0n) is 24.8. The Labute approximate surface area is 252 Å². The van der Waals surface area contributed by atoms with Gasteiger partial charge in [0.05, 0.1) is 11.7 Å². The van der Waals surface area contributed by atoms with Crippen molar-refractivity contribution in [2.24, 2.45) is 5.92 Å². The number of benzene rings is 4. The smallest absolute Gasteiger partial charge is 0.418 e. The van der Waals surface area contributed by atoms with Gasteiger partial charge in [-0.25, -0.2) is 5.43 Å². The highest BCUT2D eigenvalue weighted by molar-refractivity contribution is 6.50. The molecule has 0 amide bonds. The van der Waals surface area contributed by atoms with E-state index >= 15 is 0 Å². The number of rotatable bonds is 9. The average molecular weight is 586 g/mol. The fourth-order valence-corrected chi connectivity index (χ4v) is 5.19. The molecule has 2 nitrogen and oxygen atoms in total. The van der Waals surface area contributed by atoms with Gasteiger partial charge < -0.3 is 17.3 Å². The van der Waals surface area contributed by atoms with Crippen LogP contribution in [0.15, 0.2) is 127 Å². The van der Waals surface area contributed by atoms with Gasteiger partial charge in [0.2, 0.25) is 0 Å². The van der Waals surface area contributed by atoms with Gasteiger partial charge in [-0.15, -0.1) is 0 Å². The third-order valence-electron chi connectivity index (χ3n) is 7.25. The molecular weight excluding hydrogens is 547 g/mol. The van der Waals surface area contributed by atoms with Gasteiger partial charge in [0, 0.05) is 6.54 Å². The molecule has 4 aromatic rings. The van der Waals surface area contributed by atoms with Crippen molar-refractivity contribution in [3.63, 3.8) is 0 Å². The third kappa shape index (κ3) is 9.72. The summed E-state index contributed by atoms with van der Waals surface area (Å²) in [5.41, 5.74) is 12.8. The number of nitrogens with one attached hydrogen (secondary N) is 1. The number of hydrogen-bond donors (Lipinski definition) is 1. The summed E-state index contributed by atoms with van der Waals surface area (Å²) in [5, 5.41) is 2.36. The lowest BCUT2D eigenvalue weighted by Crippen LogP contribution is -2.42. The maximum absolute atomic E-state index is 9.75. The molecule has 0 fully saturated rings. The number of hydrazine groups is 1. The highest BCUT2D eigenvalue weighted by Crippen LogP contribution is 2.38. The Morgan fingerprint density at radius 1 is 0.698 bits per heavy atom. The first kappa shape index (κ1) is 31.8. The summed E-state index contributed by atoms with van der Waals surface area (Å²) in [5.74, 6) is 1.04. The molecule has 7 heteroatoms. The van der Waals surface area contributed by atoms with Crippen LogP contribution in [0.25, 0.3) is 11.3 Å². The van der Waals surface area contributed by atoms with Crippen LogP contribution in [-0.2, 0) is 6.42 Å². The molecule has 0 aromatic heterocycles. The van der Waals surface area contributed by atoms with Gasteiger partial charge in [-0.05, 0) is 63.8 Å². The van der Waals surface area contributed by atoms with Gasteiger partial charge in [0.15, 0.2) is 0 Å². The SMILES string of the molecule is CC(C)Cc1ccc(C(C)CNN2C(c3ccccc3)=CC(c3ccccc3)=CC2c2ccccc2)cc1.F[B-](F)(F)F. The van der Waals surface area contributed by atoms with Gasteiger partial charge in [0.1, 0.15) is 0 Å². The highest BCUT2D eigenvalue weighted by Gasteiger charge is 2.27. The molecule has 0 radical (unpaired) electrons. The van der Waals surface area contributed by atoms with Crippen LogP contribution in [0.3, 0.4) is 0 Å². The van der Waals surface area contributed by atoms with Crippen LogP contribution in [0.2, 0.25) is 0 Å². The summed E-state index contributed by atoms with van der Waals surface area (Å²) in [6.07, 6.45) is 5.83. The van der Waals surface area contributed by atoms with E-state index in [4.69, 9.17) is 0 Å². The molecule has 1 heterocycles. The number of halogens is 4. The molecule has 2 unspecified atom stereocenters. The molecule has 0 saturated heterocycles. The first-order valence-electron chi connectivity index (χ1n) is 14.7. The number of hydrogen-bond acceptors (Lipinski definition) is 2. The molecule has 1 N–H and O–H groups in total. The predicted octanol–water partition coefficient (Wildman–Crippen LogP) is 9.97. The van der Waals surface area contributed by atoms with E-state index in [1.807, 2.05) is 0 Å². The lowest BCUT2D eigenvalue weighted by atomic mass is 9.92. The Balaban J connectivity index is 0.000000782. The largest absolute Gasteiger partial charge is 0.673 e. The summed E-state index contributed by atoms with van der Waals surface area (Å²) in [6, 6.07) is 41.5. The van der Waals surface area contributed by atoms with Crippen molar-refractivity contribution in [3.05, 3.63) is 155 Å². The molecule has 0 aliphatic carbocycles. The fraction of sp³-hybridized carbons (Fsp3) is 0.222. The van der Waals surface area contributed by atoms with Crippen LogP contribution in [0, 0.1) is 5.92 Å². The highest BCUT2D eigenvalue weighted by atomic mass is 19.5. The summed E-state index contributed by atoms with van der Waals surface area (Å²) in [7, 11) is -6.00. The van der Waals surface area contributed by atoms with Crippen molar-refractivity contribution >= 4 is 18.5 Å². The predicted molar refractivity (Wildman–Crippen MR) is 171 cm³/mol. The summed E-state index contributed by atoms with van der Waals surface area (Å²) in [4.78, 5) is 0.